The van der Waals surface area contributed by atoms with E-state index in [1.807, 2.05) is 18.2 Å². The van der Waals surface area contributed by atoms with Crippen molar-refractivity contribution in [2.45, 2.75) is 26.2 Å². The zero-order chi connectivity index (χ0) is 26.9. The molecule has 2 aromatic heterocycles. The quantitative estimate of drug-likeness (QED) is 0.453. The SMILES string of the molecule is CCOC(=O)C1CCCN(S(=O)(=O)N2CC=C(c3cc4c(-c5cc(F)ccc5OC)ccnc4[nH]3)CC2)C1. The van der Waals surface area contributed by atoms with Gasteiger partial charge < -0.3 is 14.5 Å². The summed E-state index contributed by atoms with van der Waals surface area (Å²) in [6.45, 7) is 3.12. The molecule has 0 bridgehead atoms. The van der Waals surface area contributed by atoms with Gasteiger partial charge in [0.2, 0.25) is 0 Å². The maximum atomic E-state index is 14.1. The van der Waals surface area contributed by atoms with E-state index < -0.39 is 16.1 Å². The summed E-state index contributed by atoms with van der Waals surface area (Å²) >= 11 is 0. The van der Waals surface area contributed by atoms with Crippen LogP contribution in [-0.2, 0) is 19.7 Å². The van der Waals surface area contributed by atoms with E-state index in [2.05, 4.69) is 9.97 Å². The van der Waals surface area contributed by atoms with Gasteiger partial charge in [-0.2, -0.15) is 17.0 Å². The van der Waals surface area contributed by atoms with Crippen molar-refractivity contribution in [1.82, 2.24) is 18.6 Å². The van der Waals surface area contributed by atoms with Crippen molar-refractivity contribution < 1.29 is 27.1 Å². The normalized spacial score (nSPS) is 19.3. The number of halogens is 1. The van der Waals surface area contributed by atoms with Gasteiger partial charge in [0.25, 0.3) is 10.2 Å². The number of benzene rings is 1. The standard InChI is InChI=1S/C27H31FN4O5S/c1-3-37-27(33)19-5-4-12-32(17-19)38(34,35)31-13-9-18(10-14-31)24-16-23-21(8-11-29-26(23)30-24)22-15-20(28)6-7-25(22)36-2/h6-9,11,15-16,19H,3-5,10,12-14,17H2,1-2H3,(H,29,30). The molecular formula is C27H31FN4O5S. The van der Waals surface area contributed by atoms with E-state index >= 15 is 0 Å². The molecule has 3 aromatic rings. The Morgan fingerprint density at radius 3 is 2.76 bits per heavy atom. The number of methoxy groups -OCH3 is 1. The summed E-state index contributed by atoms with van der Waals surface area (Å²) in [5, 5.41) is 0.820. The average Bonchev–Trinajstić information content (AvgIpc) is 3.38. The number of aromatic amines is 1. The predicted octanol–water partition coefficient (Wildman–Crippen LogP) is 3.99. The number of pyridine rings is 1. The van der Waals surface area contributed by atoms with Gasteiger partial charge in [-0.1, -0.05) is 6.08 Å². The number of piperidine rings is 1. The Balaban J connectivity index is 1.36. The first-order valence-electron chi connectivity index (χ1n) is 12.7. The topological polar surface area (TPSA) is 105 Å². The molecule has 0 saturated carbocycles. The molecule has 9 nitrogen and oxygen atoms in total. The summed E-state index contributed by atoms with van der Waals surface area (Å²) in [5.74, 6) is -0.572. The molecule has 1 saturated heterocycles. The van der Waals surface area contributed by atoms with Crippen LogP contribution in [0.4, 0.5) is 4.39 Å². The van der Waals surface area contributed by atoms with Gasteiger partial charge in [-0.15, -0.1) is 0 Å². The van der Waals surface area contributed by atoms with Crippen LogP contribution in [0.1, 0.15) is 31.9 Å². The summed E-state index contributed by atoms with van der Waals surface area (Å²) < 4.78 is 54.2. The molecule has 1 aromatic carbocycles. The fourth-order valence-electron chi connectivity index (χ4n) is 5.20. The molecule has 0 radical (unpaired) electrons. The Kier molecular flexibility index (Phi) is 7.51. The highest BCUT2D eigenvalue weighted by Crippen LogP contribution is 2.37. The number of hydrogen-bond acceptors (Lipinski definition) is 6. The second-order valence-corrected chi connectivity index (χ2v) is 11.4. The summed E-state index contributed by atoms with van der Waals surface area (Å²) in [7, 11) is -2.16. The van der Waals surface area contributed by atoms with Crippen LogP contribution in [0.15, 0.2) is 42.6 Å². The van der Waals surface area contributed by atoms with Crippen molar-refractivity contribution in [3.05, 3.63) is 54.1 Å². The molecule has 1 unspecified atom stereocenters. The van der Waals surface area contributed by atoms with Gasteiger partial charge in [0.05, 0.1) is 19.6 Å². The molecular weight excluding hydrogens is 511 g/mol. The van der Waals surface area contributed by atoms with Gasteiger partial charge in [0.1, 0.15) is 17.2 Å². The van der Waals surface area contributed by atoms with Crippen LogP contribution in [-0.4, -0.2) is 72.9 Å². The second-order valence-electron chi connectivity index (χ2n) is 9.44. The number of fused-ring (bicyclic) bond motifs is 1. The molecule has 11 heteroatoms. The molecule has 1 N–H and O–H groups in total. The fraction of sp³-hybridized carbons (Fsp3) is 0.407. The lowest BCUT2D eigenvalue weighted by atomic mass is 10.0. The minimum atomic E-state index is -3.71. The molecule has 5 rings (SSSR count). The number of hydrogen-bond donors (Lipinski definition) is 1. The maximum Gasteiger partial charge on any atom is 0.310 e. The highest BCUT2D eigenvalue weighted by atomic mass is 32.2. The third-order valence-corrected chi connectivity index (χ3v) is 9.13. The third kappa shape index (κ3) is 5.05. The predicted molar refractivity (Wildman–Crippen MR) is 142 cm³/mol. The van der Waals surface area contributed by atoms with Gasteiger partial charge in [0.15, 0.2) is 0 Å². The number of nitrogens with one attached hydrogen (secondary N) is 1. The van der Waals surface area contributed by atoms with Crippen molar-refractivity contribution in [2.75, 3.05) is 39.9 Å². The van der Waals surface area contributed by atoms with Gasteiger partial charge in [0, 0.05) is 49.0 Å². The van der Waals surface area contributed by atoms with E-state index in [9.17, 15) is 17.6 Å². The first-order valence-corrected chi connectivity index (χ1v) is 14.1. The lowest BCUT2D eigenvalue weighted by Crippen LogP contribution is -2.50. The number of esters is 1. The molecule has 4 heterocycles. The lowest BCUT2D eigenvalue weighted by molar-refractivity contribution is -0.149. The first kappa shape index (κ1) is 26.3. The monoisotopic (exact) mass is 542 g/mol. The van der Waals surface area contributed by atoms with E-state index in [1.165, 1.54) is 20.7 Å². The van der Waals surface area contributed by atoms with Crippen molar-refractivity contribution in [3.63, 3.8) is 0 Å². The highest BCUT2D eigenvalue weighted by Gasteiger charge is 2.37. The first-order chi connectivity index (χ1) is 18.3. The van der Waals surface area contributed by atoms with Gasteiger partial charge >= 0.3 is 5.97 Å². The zero-order valence-corrected chi connectivity index (χ0v) is 22.3. The van der Waals surface area contributed by atoms with E-state index in [0.717, 1.165) is 22.2 Å². The zero-order valence-electron chi connectivity index (χ0n) is 21.4. The second kappa shape index (κ2) is 10.8. The molecule has 2 aliphatic heterocycles. The van der Waals surface area contributed by atoms with Crippen molar-refractivity contribution in [3.8, 4) is 16.9 Å². The van der Waals surface area contributed by atoms with Crippen LogP contribution < -0.4 is 4.74 Å². The number of ether oxygens (including phenoxy) is 2. The Bertz CT molecular complexity index is 1490. The van der Waals surface area contributed by atoms with Crippen molar-refractivity contribution in [1.29, 1.82) is 0 Å². The summed E-state index contributed by atoms with van der Waals surface area (Å²) in [4.78, 5) is 20.0. The Morgan fingerprint density at radius 1 is 1.18 bits per heavy atom. The lowest BCUT2D eigenvalue weighted by Gasteiger charge is -2.35. The van der Waals surface area contributed by atoms with Crippen molar-refractivity contribution >= 4 is 32.8 Å². The molecule has 1 fully saturated rings. The smallest absolute Gasteiger partial charge is 0.310 e. The van der Waals surface area contributed by atoms with Crippen LogP contribution in [0.25, 0.3) is 27.7 Å². The number of carbonyl (C=O) groups excluding carboxylic acids is 1. The average molecular weight is 543 g/mol. The van der Waals surface area contributed by atoms with Crippen molar-refractivity contribution in [2.24, 2.45) is 5.92 Å². The van der Waals surface area contributed by atoms with E-state index in [1.54, 1.807) is 26.3 Å². The number of nitrogens with zero attached hydrogens (tertiary/aromatic N) is 3. The fourth-order valence-corrected chi connectivity index (χ4v) is 6.84. The van der Waals surface area contributed by atoms with Crippen LogP contribution >= 0.6 is 0 Å². The van der Waals surface area contributed by atoms with Crippen LogP contribution in [0.2, 0.25) is 0 Å². The third-order valence-electron chi connectivity index (χ3n) is 7.16. The Labute approximate surface area is 221 Å². The van der Waals surface area contributed by atoms with Crippen LogP contribution in [0.3, 0.4) is 0 Å². The summed E-state index contributed by atoms with van der Waals surface area (Å²) in [6.07, 6.45) is 5.33. The number of carbonyl (C=O) groups is 1. The van der Waals surface area contributed by atoms with Crippen LogP contribution in [0.5, 0.6) is 5.75 Å². The molecule has 38 heavy (non-hydrogen) atoms. The van der Waals surface area contributed by atoms with Gasteiger partial charge in [-0.05, 0) is 67.7 Å². The Hall–Kier alpha value is -3.28. The molecule has 1 atom stereocenters. The number of H-pyrrole nitrogens is 1. The van der Waals surface area contributed by atoms with E-state index in [-0.39, 0.29) is 31.5 Å². The van der Waals surface area contributed by atoms with E-state index in [0.29, 0.717) is 49.3 Å². The largest absolute Gasteiger partial charge is 0.496 e. The van der Waals surface area contributed by atoms with Gasteiger partial charge in [-0.25, -0.2) is 9.37 Å². The van der Waals surface area contributed by atoms with E-state index in [4.69, 9.17) is 9.47 Å². The van der Waals surface area contributed by atoms with Gasteiger partial charge in [-0.3, -0.25) is 4.79 Å². The molecule has 0 amide bonds. The Morgan fingerprint density at radius 2 is 2.03 bits per heavy atom. The number of rotatable bonds is 7. The summed E-state index contributed by atoms with van der Waals surface area (Å²) in [6, 6.07) is 8.18. The molecule has 0 spiro atoms. The molecule has 2 aliphatic rings. The highest BCUT2D eigenvalue weighted by molar-refractivity contribution is 7.86. The molecule has 0 aliphatic carbocycles. The minimum absolute atomic E-state index is 0.147. The van der Waals surface area contributed by atoms with Crippen LogP contribution in [0, 0.1) is 11.7 Å². The minimum Gasteiger partial charge on any atom is -0.496 e. The number of aromatic nitrogens is 2. The summed E-state index contributed by atoms with van der Waals surface area (Å²) in [5.41, 5.74) is 3.89. The maximum absolute atomic E-state index is 14.1. The molecule has 202 valence electrons.